The molecule has 16 heavy (non-hydrogen) atoms. The van der Waals surface area contributed by atoms with Crippen molar-refractivity contribution < 1.29 is 4.74 Å². The van der Waals surface area contributed by atoms with Crippen LogP contribution in [0.1, 0.15) is 64.7 Å². The maximum absolute atomic E-state index is 6.53. The van der Waals surface area contributed by atoms with Crippen LogP contribution in [-0.2, 0) is 4.74 Å². The van der Waals surface area contributed by atoms with Crippen molar-refractivity contribution in [3.8, 4) is 0 Å². The van der Waals surface area contributed by atoms with Crippen LogP contribution in [0.25, 0.3) is 0 Å². The van der Waals surface area contributed by atoms with Crippen LogP contribution in [0.5, 0.6) is 0 Å². The maximum Gasteiger partial charge on any atom is 0.0777 e. The predicted octanol–water partition coefficient (Wildman–Crippen LogP) is 4.72. The van der Waals surface area contributed by atoms with Crippen molar-refractivity contribution in [1.29, 1.82) is 0 Å². The molecule has 2 unspecified atom stereocenters. The fourth-order valence-electron chi connectivity index (χ4n) is 3.41. The Balaban J connectivity index is 1.91. The van der Waals surface area contributed by atoms with Gasteiger partial charge in [-0.25, -0.2) is 0 Å². The Morgan fingerprint density at radius 1 is 1.12 bits per heavy atom. The topological polar surface area (TPSA) is 9.23 Å². The number of rotatable bonds is 3. The van der Waals surface area contributed by atoms with Crippen molar-refractivity contribution in [1.82, 2.24) is 0 Å². The Morgan fingerprint density at radius 3 is 2.50 bits per heavy atom. The van der Waals surface area contributed by atoms with Gasteiger partial charge in [-0.15, -0.1) is 0 Å². The van der Waals surface area contributed by atoms with E-state index in [1.807, 2.05) is 0 Å². The lowest BCUT2D eigenvalue weighted by Gasteiger charge is -2.42. The first-order valence-corrected chi connectivity index (χ1v) is 8.50. The molecule has 2 saturated carbocycles. The van der Waals surface area contributed by atoms with Crippen LogP contribution >= 0.6 is 22.6 Å². The van der Waals surface area contributed by atoms with E-state index in [1.54, 1.807) is 0 Å². The summed E-state index contributed by atoms with van der Waals surface area (Å²) >= 11 is 2.54. The number of hydrogen-bond acceptors (Lipinski definition) is 1. The third kappa shape index (κ3) is 3.34. The van der Waals surface area contributed by atoms with Gasteiger partial charge in [0.15, 0.2) is 0 Å². The lowest BCUT2D eigenvalue weighted by atomic mass is 9.79. The molecular formula is C14H25IO. The smallest absolute Gasteiger partial charge is 0.0777 e. The molecule has 2 rings (SSSR count). The normalized spacial score (nSPS) is 37.5. The molecule has 0 heterocycles. The van der Waals surface area contributed by atoms with Crippen molar-refractivity contribution in [2.45, 2.75) is 76.4 Å². The minimum atomic E-state index is 0.236. The van der Waals surface area contributed by atoms with E-state index in [-0.39, 0.29) is 5.60 Å². The van der Waals surface area contributed by atoms with Gasteiger partial charge in [0.2, 0.25) is 0 Å². The molecule has 2 fully saturated rings. The van der Waals surface area contributed by atoms with Crippen LogP contribution in [-0.4, -0.2) is 16.1 Å². The number of hydrogen-bond donors (Lipinski definition) is 0. The van der Waals surface area contributed by atoms with E-state index in [9.17, 15) is 0 Å². The molecule has 94 valence electrons. The average molecular weight is 336 g/mol. The van der Waals surface area contributed by atoms with E-state index >= 15 is 0 Å². The zero-order chi connectivity index (χ0) is 11.4. The van der Waals surface area contributed by atoms with Crippen LogP contribution < -0.4 is 0 Å². The van der Waals surface area contributed by atoms with E-state index in [4.69, 9.17) is 4.74 Å². The van der Waals surface area contributed by atoms with Crippen LogP contribution in [0.2, 0.25) is 0 Å². The predicted molar refractivity (Wildman–Crippen MR) is 77.2 cm³/mol. The molecule has 0 spiro atoms. The zero-order valence-corrected chi connectivity index (χ0v) is 12.7. The highest BCUT2D eigenvalue weighted by Crippen LogP contribution is 2.39. The minimum Gasteiger partial charge on any atom is -0.371 e. The summed E-state index contributed by atoms with van der Waals surface area (Å²) in [7, 11) is 0. The average Bonchev–Trinajstić information content (AvgIpc) is 2.30. The molecule has 0 aromatic rings. The van der Waals surface area contributed by atoms with Gasteiger partial charge in [-0.1, -0.05) is 61.6 Å². The molecule has 0 saturated heterocycles. The first-order chi connectivity index (χ1) is 7.74. The molecule has 0 aromatic carbocycles. The summed E-state index contributed by atoms with van der Waals surface area (Å²) in [4.78, 5) is 0. The third-order valence-electron chi connectivity index (χ3n) is 4.26. The zero-order valence-electron chi connectivity index (χ0n) is 10.5. The summed E-state index contributed by atoms with van der Waals surface area (Å²) in [6.45, 7) is 2.39. The molecule has 2 heteroatoms. The highest BCUT2D eigenvalue weighted by atomic mass is 127. The molecule has 0 N–H and O–H groups in total. The summed E-state index contributed by atoms with van der Waals surface area (Å²) in [5.41, 5.74) is 0.236. The highest BCUT2D eigenvalue weighted by Gasteiger charge is 2.37. The fourth-order valence-corrected chi connectivity index (χ4v) is 4.28. The van der Waals surface area contributed by atoms with Crippen molar-refractivity contribution >= 4 is 22.6 Å². The molecule has 0 aliphatic heterocycles. The molecule has 0 bridgehead atoms. The number of alkyl halides is 1. The lowest BCUT2D eigenvalue weighted by molar-refractivity contribution is -0.115. The van der Waals surface area contributed by atoms with Crippen molar-refractivity contribution in [3.63, 3.8) is 0 Å². The van der Waals surface area contributed by atoms with Crippen molar-refractivity contribution in [2.24, 2.45) is 5.92 Å². The Kier molecular flexibility index (Phi) is 4.95. The second kappa shape index (κ2) is 6.03. The molecule has 0 radical (unpaired) electrons. The van der Waals surface area contributed by atoms with E-state index in [2.05, 4.69) is 29.5 Å². The summed E-state index contributed by atoms with van der Waals surface area (Å²) in [6, 6.07) is 0. The van der Waals surface area contributed by atoms with Gasteiger partial charge in [0.1, 0.15) is 0 Å². The second-order valence-electron chi connectivity index (χ2n) is 5.90. The first-order valence-electron chi connectivity index (χ1n) is 6.98. The van der Waals surface area contributed by atoms with Gasteiger partial charge >= 0.3 is 0 Å². The van der Waals surface area contributed by atoms with E-state index in [1.165, 1.54) is 62.2 Å². The van der Waals surface area contributed by atoms with Gasteiger partial charge in [-0.05, 0) is 31.6 Å². The third-order valence-corrected chi connectivity index (χ3v) is 5.65. The molecular weight excluding hydrogens is 311 g/mol. The molecule has 0 amide bonds. The van der Waals surface area contributed by atoms with Crippen molar-refractivity contribution in [3.05, 3.63) is 0 Å². The molecule has 2 aliphatic carbocycles. The van der Waals surface area contributed by atoms with Gasteiger partial charge in [0.25, 0.3) is 0 Å². The summed E-state index contributed by atoms with van der Waals surface area (Å²) < 4.78 is 7.72. The van der Waals surface area contributed by atoms with E-state index in [0.717, 1.165) is 5.92 Å². The van der Waals surface area contributed by atoms with Gasteiger partial charge < -0.3 is 4.74 Å². The monoisotopic (exact) mass is 336 g/mol. The Labute approximate surface area is 114 Å². The van der Waals surface area contributed by atoms with Gasteiger partial charge in [-0.2, -0.15) is 0 Å². The maximum atomic E-state index is 6.53. The largest absolute Gasteiger partial charge is 0.371 e. The fraction of sp³-hybridized carbons (Fsp3) is 1.00. The van der Waals surface area contributed by atoms with Crippen molar-refractivity contribution in [2.75, 3.05) is 4.43 Å². The SMILES string of the molecule is CC1CCCC(CI)(OC2CCCCC2)C1. The van der Waals surface area contributed by atoms with Gasteiger partial charge in [0, 0.05) is 4.43 Å². The van der Waals surface area contributed by atoms with Crippen LogP contribution in [0.15, 0.2) is 0 Å². The van der Waals surface area contributed by atoms with E-state index in [0.29, 0.717) is 6.10 Å². The minimum absolute atomic E-state index is 0.236. The van der Waals surface area contributed by atoms with Crippen LogP contribution in [0.3, 0.4) is 0 Å². The van der Waals surface area contributed by atoms with Gasteiger partial charge in [-0.3, -0.25) is 0 Å². The molecule has 2 aliphatic rings. The van der Waals surface area contributed by atoms with Crippen LogP contribution in [0.4, 0.5) is 0 Å². The summed E-state index contributed by atoms with van der Waals surface area (Å²) in [5, 5.41) is 0. The summed E-state index contributed by atoms with van der Waals surface area (Å²) in [6.07, 6.45) is 12.8. The Morgan fingerprint density at radius 2 is 1.88 bits per heavy atom. The standard InChI is InChI=1S/C14H25IO/c1-12-6-5-9-14(10-12,11-15)16-13-7-3-2-4-8-13/h12-13H,2-11H2,1H3. The number of halogens is 1. The quantitative estimate of drug-likeness (QED) is 0.535. The lowest BCUT2D eigenvalue weighted by Crippen LogP contribution is -2.43. The van der Waals surface area contributed by atoms with Crippen LogP contribution in [0, 0.1) is 5.92 Å². The Bertz CT molecular complexity index is 213. The van der Waals surface area contributed by atoms with Gasteiger partial charge in [0.05, 0.1) is 11.7 Å². The van der Waals surface area contributed by atoms with E-state index < -0.39 is 0 Å². The Hall–Kier alpha value is 0.690. The summed E-state index contributed by atoms with van der Waals surface area (Å²) in [5.74, 6) is 0.868. The number of ether oxygens (including phenoxy) is 1. The molecule has 0 aromatic heterocycles. The second-order valence-corrected chi connectivity index (χ2v) is 6.66. The molecule has 1 nitrogen and oxygen atoms in total. The first kappa shape index (κ1) is 13.1. The molecule has 2 atom stereocenters. The highest BCUT2D eigenvalue weighted by molar-refractivity contribution is 14.1.